The number of thiocarbonyl (C=S) groups is 1. The van der Waals surface area contributed by atoms with Crippen LogP contribution in [0.5, 0.6) is 0 Å². The summed E-state index contributed by atoms with van der Waals surface area (Å²) in [6.45, 7) is 2.69. The molecule has 0 aliphatic heterocycles. The molecule has 0 saturated carbocycles. The van der Waals surface area contributed by atoms with Crippen LogP contribution in [0.2, 0.25) is 0 Å². The van der Waals surface area contributed by atoms with Gasteiger partial charge in [0.1, 0.15) is 10.8 Å². The maximum absolute atomic E-state index is 13.9. The van der Waals surface area contributed by atoms with Crippen LogP contribution in [0, 0.1) is 5.82 Å². The van der Waals surface area contributed by atoms with E-state index in [-0.39, 0.29) is 17.4 Å². The number of likely N-dealkylation sites (N-methyl/N-ethyl adjacent to an activating group) is 1. The molecule has 4 nitrogen and oxygen atoms in total. The zero-order valence-corrected chi connectivity index (χ0v) is 11.9. The van der Waals surface area contributed by atoms with Gasteiger partial charge in [-0.25, -0.2) is 4.39 Å². The lowest BCUT2D eigenvalue weighted by atomic mass is 10.2. The van der Waals surface area contributed by atoms with E-state index >= 15 is 0 Å². The lowest BCUT2D eigenvalue weighted by molar-refractivity contribution is -0.119. The fourth-order valence-electron chi connectivity index (χ4n) is 1.59. The zero-order valence-electron chi connectivity index (χ0n) is 11.1. The van der Waals surface area contributed by atoms with Crippen LogP contribution in [0.3, 0.4) is 0 Å². The second kappa shape index (κ2) is 7.04. The molecule has 0 unspecified atom stereocenters. The highest BCUT2D eigenvalue weighted by Crippen LogP contribution is 2.19. The van der Waals surface area contributed by atoms with Crippen molar-refractivity contribution in [3.05, 3.63) is 29.6 Å². The number of hydrogen-bond donors (Lipinski definition) is 2. The van der Waals surface area contributed by atoms with E-state index in [4.69, 9.17) is 18.0 Å². The van der Waals surface area contributed by atoms with Gasteiger partial charge in [-0.05, 0) is 24.6 Å². The Balaban J connectivity index is 2.74. The van der Waals surface area contributed by atoms with Crippen molar-refractivity contribution in [1.29, 1.82) is 0 Å². The molecule has 1 aromatic carbocycles. The third-order valence-electron chi connectivity index (χ3n) is 2.60. The first-order valence-corrected chi connectivity index (χ1v) is 6.43. The molecule has 6 heteroatoms. The minimum atomic E-state index is -0.448. The summed E-state index contributed by atoms with van der Waals surface area (Å²) in [5.74, 6) is -0.585. The van der Waals surface area contributed by atoms with Gasteiger partial charge in [-0.1, -0.05) is 19.1 Å². The predicted octanol–water partition coefficient (Wildman–Crippen LogP) is 1.42. The minimum absolute atomic E-state index is 0.101. The first kappa shape index (κ1) is 15.4. The van der Waals surface area contributed by atoms with Gasteiger partial charge in [0.25, 0.3) is 0 Å². The third kappa shape index (κ3) is 4.48. The molecule has 0 bridgehead atoms. The Kier molecular flexibility index (Phi) is 5.69. The Bertz CT molecular complexity index is 479. The van der Waals surface area contributed by atoms with Crippen LogP contribution in [-0.4, -0.2) is 31.0 Å². The van der Waals surface area contributed by atoms with Gasteiger partial charge < -0.3 is 16.0 Å². The number of carbonyl (C=O) groups is 1. The molecule has 0 radical (unpaired) electrons. The molecule has 0 fully saturated rings. The van der Waals surface area contributed by atoms with E-state index < -0.39 is 5.82 Å². The fraction of sp³-hybridized carbons (Fsp3) is 0.385. The number of nitrogens with zero attached hydrogens (tertiary/aromatic N) is 1. The van der Waals surface area contributed by atoms with Gasteiger partial charge in [0.05, 0.1) is 12.2 Å². The van der Waals surface area contributed by atoms with E-state index in [1.807, 2.05) is 6.92 Å². The molecular weight excluding hydrogens is 265 g/mol. The van der Waals surface area contributed by atoms with Crippen molar-refractivity contribution in [3.8, 4) is 0 Å². The van der Waals surface area contributed by atoms with Gasteiger partial charge in [0.2, 0.25) is 5.91 Å². The average Bonchev–Trinajstić information content (AvgIpc) is 2.35. The third-order valence-corrected chi connectivity index (χ3v) is 2.83. The van der Waals surface area contributed by atoms with Crippen molar-refractivity contribution in [2.24, 2.45) is 5.73 Å². The Morgan fingerprint density at radius 2 is 2.21 bits per heavy atom. The molecule has 104 valence electrons. The number of hydrogen-bond acceptors (Lipinski definition) is 3. The quantitative estimate of drug-likeness (QED) is 0.775. The topological polar surface area (TPSA) is 58.4 Å². The number of benzene rings is 1. The summed E-state index contributed by atoms with van der Waals surface area (Å²) in [6.07, 6.45) is 0.868. The Morgan fingerprint density at radius 3 is 2.74 bits per heavy atom. The summed E-state index contributed by atoms with van der Waals surface area (Å²) in [4.78, 5) is 13.2. The van der Waals surface area contributed by atoms with Crippen molar-refractivity contribution >= 4 is 28.8 Å². The van der Waals surface area contributed by atoms with E-state index in [0.717, 1.165) is 6.42 Å². The Morgan fingerprint density at radius 1 is 1.53 bits per heavy atom. The Labute approximate surface area is 117 Å². The van der Waals surface area contributed by atoms with Gasteiger partial charge >= 0.3 is 0 Å². The monoisotopic (exact) mass is 283 g/mol. The summed E-state index contributed by atoms with van der Waals surface area (Å²) in [5.41, 5.74) is 6.24. The van der Waals surface area contributed by atoms with Crippen molar-refractivity contribution in [1.82, 2.24) is 5.32 Å². The molecule has 0 atom stereocenters. The van der Waals surface area contributed by atoms with E-state index in [9.17, 15) is 9.18 Å². The van der Waals surface area contributed by atoms with Crippen LogP contribution >= 0.6 is 12.2 Å². The van der Waals surface area contributed by atoms with E-state index in [2.05, 4.69) is 5.32 Å². The largest absolute Gasteiger partial charge is 0.389 e. The van der Waals surface area contributed by atoms with Gasteiger partial charge in [0, 0.05) is 19.2 Å². The molecule has 0 spiro atoms. The first-order valence-electron chi connectivity index (χ1n) is 6.03. The summed E-state index contributed by atoms with van der Waals surface area (Å²) >= 11 is 4.78. The number of rotatable bonds is 6. The summed E-state index contributed by atoms with van der Waals surface area (Å²) in [7, 11) is 1.66. The number of halogens is 1. The van der Waals surface area contributed by atoms with Crippen molar-refractivity contribution < 1.29 is 9.18 Å². The van der Waals surface area contributed by atoms with Crippen LogP contribution in [-0.2, 0) is 4.79 Å². The fourth-order valence-corrected chi connectivity index (χ4v) is 1.72. The van der Waals surface area contributed by atoms with Gasteiger partial charge in [-0.3, -0.25) is 4.79 Å². The molecule has 0 aliphatic carbocycles. The average molecular weight is 283 g/mol. The minimum Gasteiger partial charge on any atom is -0.389 e. The molecule has 0 saturated heterocycles. The highest BCUT2D eigenvalue weighted by Gasteiger charge is 2.12. The van der Waals surface area contributed by atoms with Crippen molar-refractivity contribution in [3.63, 3.8) is 0 Å². The number of nitrogens with two attached hydrogens (primary N) is 1. The molecular formula is C13H18FN3OS. The highest BCUT2D eigenvalue weighted by molar-refractivity contribution is 7.80. The van der Waals surface area contributed by atoms with E-state index in [1.165, 1.54) is 6.07 Å². The number of nitrogens with one attached hydrogen (secondary N) is 1. The number of anilines is 1. The molecule has 1 rings (SSSR count). The number of carbonyl (C=O) groups excluding carboxylic acids is 1. The second-order valence-electron chi connectivity index (χ2n) is 4.24. The molecule has 3 N–H and O–H groups in total. The van der Waals surface area contributed by atoms with Gasteiger partial charge in [-0.15, -0.1) is 0 Å². The van der Waals surface area contributed by atoms with Crippen LogP contribution < -0.4 is 16.0 Å². The van der Waals surface area contributed by atoms with Crippen LogP contribution in [0.25, 0.3) is 0 Å². The molecule has 0 aromatic heterocycles. The summed E-state index contributed by atoms with van der Waals surface area (Å²) in [6, 6.07) is 4.48. The maximum atomic E-state index is 13.9. The van der Waals surface area contributed by atoms with Crippen LogP contribution in [0.4, 0.5) is 10.1 Å². The SMILES string of the molecule is CCCNC(=O)CN(C)c1ccc(C(N)=S)cc1F. The predicted molar refractivity (Wildman–Crippen MR) is 78.9 cm³/mol. The van der Waals surface area contributed by atoms with Crippen LogP contribution in [0.1, 0.15) is 18.9 Å². The van der Waals surface area contributed by atoms with E-state index in [0.29, 0.717) is 17.8 Å². The first-order chi connectivity index (χ1) is 8.95. The smallest absolute Gasteiger partial charge is 0.239 e. The number of amides is 1. The summed E-state index contributed by atoms with van der Waals surface area (Å²) < 4.78 is 13.9. The molecule has 0 heterocycles. The standard InChI is InChI=1S/C13H18FN3OS/c1-3-6-16-12(18)8-17(2)11-5-4-9(13(15)19)7-10(11)14/h4-5,7H,3,6,8H2,1-2H3,(H2,15,19)(H,16,18). The molecule has 0 aliphatic rings. The molecule has 1 aromatic rings. The van der Waals surface area contributed by atoms with Crippen LogP contribution in [0.15, 0.2) is 18.2 Å². The lowest BCUT2D eigenvalue weighted by Gasteiger charge is -2.19. The van der Waals surface area contributed by atoms with Crippen molar-refractivity contribution in [2.45, 2.75) is 13.3 Å². The molecule has 1 amide bonds. The Hall–Kier alpha value is -1.69. The van der Waals surface area contributed by atoms with E-state index in [1.54, 1.807) is 24.1 Å². The second-order valence-corrected chi connectivity index (χ2v) is 4.68. The summed E-state index contributed by atoms with van der Waals surface area (Å²) in [5, 5.41) is 2.74. The van der Waals surface area contributed by atoms with Gasteiger partial charge in [0.15, 0.2) is 0 Å². The lowest BCUT2D eigenvalue weighted by Crippen LogP contribution is -2.35. The van der Waals surface area contributed by atoms with Crippen molar-refractivity contribution in [2.75, 3.05) is 25.0 Å². The van der Waals surface area contributed by atoms with Gasteiger partial charge in [-0.2, -0.15) is 0 Å². The normalized spacial score (nSPS) is 10.1. The zero-order chi connectivity index (χ0) is 14.4. The highest BCUT2D eigenvalue weighted by atomic mass is 32.1. The molecule has 19 heavy (non-hydrogen) atoms. The maximum Gasteiger partial charge on any atom is 0.239 e.